The summed E-state index contributed by atoms with van der Waals surface area (Å²) >= 11 is 1.28. The van der Waals surface area contributed by atoms with E-state index in [2.05, 4.69) is 20.7 Å². The Morgan fingerprint density at radius 1 is 1.30 bits per heavy atom. The van der Waals surface area contributed by atoms with Gasteiger partial charge in [-0.05, 0) is 17.7 Å². The Hall–Kier alpha value is -2.35. The molecule has 1 heterocycles. The molecule has 1 aromatic carbocycles. The maximum atomic E-state index is 11.6. The predicted molar refractivity (Wildman–Crippen MR) is 72.4 cm³/mol. The Bertz CT molecular complexity index is 583. The molecule has 7 nitrogen and oxygen atoms in total. The van der Waals surface area contributed by atoms with E-state index in [-0.39, 0.29) is 17.2 Å². The molecule has 0 unspecified atom stereocenters. The van der Waals surface area contributed by atoms with Crippen molar-refractivity contribution in [3.8, 4) is 0 Å². The Morgan fingerprint density at radius 2 is 2.05 bits per heavy atom. The predicted octanol–water partition coefficient (Wildman–Crippen LogP) is 0.911. The lowest BCUT2D eigenvalue weighted by atomic mass is 10.1. The summed E-state index contributed by atoms with van der Waals surface area (Å²) in [5.41, 5.74) is 1.07. The van der Waals surface area contributed by atoms with Crippen LogP contribution in [0.1, 0.15) is 15.9 Å². The summed E-state index contributed by atoms with van der Waals surface area (Å²) in [5.74, 6) is -0.843. The average molecular weight is 292 g/mol. The van der Waals surface area contributed by atoms with Gasteiger partial charge in [-0.2, -0.15) is 10.3 Å². The molecule has 0 aliphatic rings. The van der Waals surface area contributed by atoms with Crippen molar-refractivity contribution in [3.63, 3.8) is 0 Å². The minimum Gasteiger partial charge on any atom is -0.478 e. The minimum atomic E-state index is -0.968. The zero-order chi connectivity index (χ0) is 14.4. The van der Waals surface area contributed by atoms with E-state index in [9.17, 15) is 9.59 Å². The maximum absolute atomic E-state index is 11.6. The number of thioether (sulfide) groups is 1. The van der Waals surface area contributed by atoms with Crippen LogP contribution in [0, 0.1) is 0 Å². The SMILES string of the molecule is O=C(CSc1cn[nH]n1)NCc1ccc(C(=O)O)cc1. The highest BCUT2D eigenvalue weighted by Crippen LogP contribution is 2.11. The van der Waals surface area contributed by atoms with E-state index in [4.69, 9.17) is 5.11 Å². The summed E-state index contributed by atoms with van der Waals surface area (Å²) in [6.45, 7) is 0.359. The monoisotopic (exact) mass is 292 g/mol. The van der Waals surface area contributed by atoms with Crippen molar-refractivity contribution in [1.82, 2.24) is 20.7 Å². The van der Waals surface area contributed by atoms with Gasteiger partial charge in [0, 0.05) is 6.54 Å². The number of aromatic carboxylic acids is 1. The summed E-state index contributed by atoms with van der Waals surface area (Å²) in [6, 6.07) is 6.37. The Kier molecular flexibility index (Phi) is 4.72. The van der Waals surface area contributed by atoms with Crippen LogP contribution in [-0.4, -0.2) is 38.1 Å². The average Bonchev–Trinajstić information content (AvgIpc) is 2.96. The first kappa shape index (κ1) is 14.1. The number of hydrogen-bond acceptors (Lipinski definition) is 5. The van der Waals surface area contributed by atoms with Gasteiger partial charge in [0.1, 0.15) is 5.03 Å². The molecule has 8 heteroatoms. The van der Waals surface area contributed by atoms with E-state index in [1.165, 1.54) is 23.9 Å². The van der Waals surface area contributed by atoms with Crippen molar-refractivity contribution >= 4 is 23.6 Å². The number of aromatic nitrogens is 3. The maximum Gasteiger partial charge on any atom is 0.335 e. The molecule has 2 rings (SSSR count). The van der Waals surface area contributed by atoms with Gasteiger partial charge in [-0.25, -0.2) is 4.79 Å². The standard InChI is InChI=1S/C12H12N4O3S/c17-10(7-20-11-6-14-16-15-11)13-5-8-1-3-9(4-2-8)12(18)19/h1-4,6H,5,7H2,(H,13,17)(H,18,19)(H,14,15,16). The fourth-order valence-corrected chi connectivity index (χ4v) is 2.03. The molecule has 1 amide bonds. The molecular weight excluding hydrogens is 280 g/mol. The van der Waals surface area contributed by atoms with E-state index in [1.54, 1.807) is 18.3 Å². The number of aromatic amines is 1. The molecule has 2 aromatic rings. The van der Waals surface area contributed by atoms with Crippen LogP contribution in [0.5, 0.6) is 0 Å². The molecule has 0 bridgehead atoms. The summed E-state index contributed by atoms with van der Waals surface area (Å²) in [5, 5.41) is 22.1. The molecule has 0 spiro atoms. The minimum absolute atomic E-state index is 0.125. The second-order valence-electron chi connectivity index (χ2n) is 3.88. The zero-order valence-corrected chi connectivity index (χ0v) is 11.2. The number of carboxylic acid groups (broad SMARTS) is 1. The molecule has 0 saturated heterocycles. The third-order valence-electron chi connectivity index (χ3n) is 2.43. The number of benzene rings is 1. The van der Waals surface area contributed by atoms with Crippen molar-refractivity contribution in [2.24, 2.45) is 0 Å². The van der Waals surface area contributed by atoms with E-state index in [0.717, 1.165) is 5.56 Å². The fourth-order valence-electron chi connectivity index (χ4n) is 1.42. The van der Waals surface area contributed by atoms with Gasteiger partial charge in [-0.15, -0.1) is 5.10 Å². The molecule has 1 aromatic heterocycles. The lowest BCUT2D eigenvalue weighted by Gasteiger charge is -2.04. The number of hydrogen-bond donors (Lipinski definition) is 3. The van der Waals surface area contributed by atoms with Crippen LogP contribution in [0.15, 0.2) is 35.5 Å². The fraction of sp³-hybridized carbons (Fsp3) is 0.167. The molecule has 0 saturated carbocycles. The van der Waals surface area contributed by atoms with Gasteiger partial charge >= 0.3 is 5.97 Å². The molecule has 0 atom stereocenters. The molecule has 0 fully saturated rings. The van der Waals surface area contributed by atoms with Crippen molar-refractivity contribution < 1.29 is 14.7 Å². The summed E-state index contributed by atoms with van der Waals surface area (Å²) in [7, 11) is 0. The Labute approximate surface area is 118 Å². The lowest BCUT2D eigenvalue weighted by Crippen LogP contribution is -2.24. The van der Waals surface area contributed by atoms with Gasteiger partial charge in [0.05, 0.1) is 17.5 Å². The van der Waals surface area contributed by atoms with Gasteiger partial charge < -0.3 is 10.4 Å². The van der Waals surface area contributed by atoms with Crippen molar-refractivity contribution in [2.75, 3.05) is 5.75 Å². The Balaban J connectivity index is 1.76. The van der Waals surface area contributed by atoms with Gasteiger partial charge in [0.25, 0.3) is 0 Å². The van der Waals surface area contributed by atoms with Crippen LogP contribution < -0.4 is 5.32 Å². The highest BCUT2D eigenvalue weighted by molar-refractivity contribution is 7.99. The van der Waals surface area contributed by atoms with Gasteiger partial charge in [0.2, 0.25) is 5.91 Å². The van der Waals surface area contributed by atoms with Crippen molar-refractivity contribution in [3.05, 3.63) is 41.6 Å². The first-order chi connectivity index (χ1) is 9.65. The molecule has 0 aliphatic heterocycles. The smallest absolute Gasteiger partial charge is 0.335 e. The van der Waals surface area contributed by atoms with Crippen molar-refractivity contribution in [1.29, 1.82) is 0 Å². The van der Waals surface area contributed by atoms with Crippen LogP contribution in [0.4, 0.5) is 0 Å². The highest BCUT2D eigenvalue weighted by atomic mass is 32.2. The van der Waals surface area contributed by atoms with E-state index < -0.39 is 5.97 Å². The second kappa shape index (κ2) is 6.71. The molecule has 0 radical (unpaired) electrons. The molecule has 104 valence electrons. The number of rotatable bonds is 6. The number of H-pyrrole nitrogens is 1. The normalized spacial score (nSPS) is 10.2. The van der Waals surface area contributed by atoms with Crippen LogP contribution in [-0.2, 0) is 11.3 Å². The molecule has 0 aliphatic carbocycles. The topological polar surface area (TPSA) is 108 Å². The van der Waals surface area contributed by atoms with Crippen LogP contribution in [0.2, 0.25) is 0 Å². The van der Waals surface area contributed by atoms with Gasteiger partial charge in [-0.1, -0.05) is 23.9 Å². The highest BCUT2D eigenvalue weighted by Gasteiger charge is 2.05. The Morgan fingerprint density at radius 3 is 2.65 bits per heavy atom. The third-order valence-corrected chi connectivity index (χ3v) is 3.33. The lowest BCUT2D eigenvalue weighted by molar-refractivity contribution is -0.118. The number of carbonyl (C=O) groups is 2. The quantitative estimate of drug-likeness (QED) is 0.683. The van der Waals surface area contributed by atoms with E-state index in [0.29, 0.717) is 11.6 Å². The first-order valence-electron chi connectivity index (χ1n) is 5.72. The van der Waals surface area contributed by atoms with Crippen LogP contribution in [0.25, 0.3) is 0 Å². The van der Waals surface area contributed by atoms with E-state index >= 15 is 0 Å². The number of nitrogens with one attached hydrogen (secondary N) is 2. The number of carbonyl (C=O) groups excluding carboxylic acids is 1. The summed E-state index contributed by atoms with van der Waals surface area (Å²) in [6.07, 6.45) is 1.54. The molecule has 20 heavy (non-hydrogen) atoms. The second-order valence-corrected chi connectivity index (χ2v) is 4.87. The summed E-state index contributed by atoms with van der Waals surface area (Å²) in [4.78, 5) is 22.3. The van der Waals surface area contributed by atoms with Crippen molar-refractivity contribution in [2.45, 2.75) is 11.6 Å². The summed E-state index contributed by atoms with van der Waals surface area (Å²) < 4.78 is 0. The molecule has 3 N–H and O–H groups in total. The largest absolute Gasteiger partial charge is 0.478 e. The van der Waals surface area contributed by atoms with Gasteiger partial charge in [-0.3, -0.25) is 4.79 Å². The van der Waals surface area contributed by atoms with Crippen LogP contribution >= 0.6 is 11.8 Å². The van der Waals surface area contributed by atoms with E-state index in [1.807, 2.05) is 0 Å². The number of amides is 1. The third kappa shape index (κ3) is 4.09. The zero-order valence-electron chi connectivity index (χ0n) is 10.4. The molecular formula is C12H12N4O3S. The first-order valence-corrected chi connectivity index (χ1v) is 6.71. The number of carboxylic acids is 1. The van der Waals surface area contributed by atoms with Crippen LogP contribution in [0.3, 0.4) is 0 Å². The van der Waals surface area contributed by atoms with Gasteiger partial charge in [0.15, 0.2) is 0 Å². The number of nitrogens with zero attached hydrogens (tertiary/aromatic N) is 2.